The number of hydrogen-bond donors (Lipinski definition) is 3. The number of methoxy groups -OCH3 is 2. The van der Waals surface area contributed by atoms with Crippen molar-refractivity contribution in [3.05, 3.63) is 40.3 Å². The second-order valence-electron chi connectivity index (χ2n) is 7.65. The molecule has 3 rings (SSSR count). The molecule has 1 aliphatic rings. The highest BCUT2D eigenvalue weighted by molar-refractivity contribution is 5.90. The summed E-state index contributed by atoms with van der Waals surface area (Å²) in [5.74, 6) is 0.0151. The van der Waals surface area contributed by atoms with Gasteiger partial charge in [0.05, 0.1) is 24.0 Å². The first-order valence-electron chi connectivity index (χ1n) is 10.2. The van der Waals surface area contributed by atoms with E-state index >= 15 is 0 Å². The average Bonchev–Trinajstić information content (AvgIpc) is 3.11. The van der Waals surface area contributed by atoms with E-state index in [1.165, 1.54) is 23.8 Å². The third-order valence-electron chi connectivity index (χ3n) is 5.57. The standard InChI is InChI=1S/C21H28FN5O5/c1-11-8-14(9-12(2)18(11)22)27-19(24-20(28)23-10-16(31-4)32-5)17-13(3)26(21(29)30)7-6-15(17)25-27/h8-9,13,16H,6-7,10H2,1-5H3,(H,29,30)(H2,23,24,28)/t13-/m0/s1. The molecule has 2 aromatic rings. The minimum Gasteiger partial charge on any atom is -0.465 e. The lowest BCUT2D eigenvalue weighted by molar-refractivity contribution is -0.0970. The van der Waals surface area contributed by atoms with E-state index in [9.17, 15) is 19.1 Å². The van der Waals surface area contributed by atoms with Crippen molar-refractivity contribution < 1.29 is 28.6 Å². The van der Waals surface area contributed by atoms with Crippen LogP contribution in [0.2, 0.25) is 0 Å². The molecule has 174 valence electrons. The Morgan fingerprint density at radius 1 is 1.28 bits per heavy atom. The van der Waals surface area contributed by atoms with E-state index < -0.39 is 24.5 Å². The smallest absolute Gasteiger partial charge is 0.407 e. The van der Waals surface area contributed by atoms with Crippen LogP contribution < -0.4 is 10.6 Å². The number of halogens is 1. The number of rotatable bonds is 6. The Morgan fingerprint density at radius 3 is 2.47 bits per heavy atom. The normalized spacial score (nSPS) is 15.6. The molecule has 0 fully saturated rings. The number of carbonyl (C=O) groups is 2. The van der Waals surface area contributed by atoms with Crippen LogP contribution in [0.3, 0.4) is 0 Å². The van der Waals surface area contributed by atoms with Gasteiger partial charge in [-0.05, 0) is 44.0 Å². The van der Waals surface area contributed by atoms with Crippen molar-refractivity contribution in [2.24, 2.45) is 0 Å². The van der Waals surface area contributed by atoms with Gasteiger partial charge in [0.2, 0.25) is 0 Å². The van der Waals surface area contributed by atoms with E-state index in [4.69, 9.17) is 9.47 Å². The maximum Gasteiger partial charge on any atom is 0.407 e. The topological polar surface area (TPSA) is 118 Å². The highest BCUT2D eigenvalue weighted by Gasteiger charge is 2.34. The lowest BCUT2D eigenvalue weighted by Gasteiger charge is -2.31. The number of carboxylic acid groups (broad SMARTS) is 1. The molecule has 0 bridgehead atoms. The van der Waals surface area contributed by atoms with Crippen molar-refractivity contribution in [2.75, 3.05) is 32.6 Å². The number of aryl methyl sites for hydroxylation is 2. The molecule has 32 heavy (non-hydrogen) atoms. The first kappa shape index (κ1) is 23.5. The molecular formula is C21H28FN5O5. The number of amides is 3. The molecule has 10 nitrogen and oxygen atoms in total. The molecule has 0 saturated heterocycles. The molecule has 1 aliphatic heterocycles. The molecular weight excluding hydrogens is 421 g/mol. The molecule has 3 amide bonds. The number of fused-ring (bicyclic) bond motifs is 1. The lowest BCUT2D eigenvalue weighted by atomic mass is 10.00. The van der Waals surface area contributed by atoms with Gasteiger partial charge in [0, 0.05) is 32.7 Å². The average molecular weight is 449 g/mol. The summed E-state index contributed by atoms with van der Waals surface area (Å²) in [6.45, 7) is 5.44. The van der Waals surface area contributed by atoms with Crippen LogP contribution in [0, 0.1) is 19.7 Å². The van der Waals surface area contributed by atoms with Crippen molar-refractivity contribution in [3.63, 3.8) is 0 Å². The molecule has 0 unspecified atom stereocenters. The predicted molar refractivity (Wildman–Crippen MR) is 115 cm³/mol. The summed E-state index contributed by atoms with van der Waals surface area (Å²) in [7, 11) is 2.92. The Kier molecular flexibility index (Phi) is 6.99. The van der Waals surface area contributed by atoms with Crippen LogP contribution in [0.1, 0.15) is 35.3 Å². The SMILES string of the molecule is COC(CNC(=O)Nc1c2c(nn1-c1cc(C)c(F)c(C)c1)CCN(C(=O)O)[C@H]2C)OC. The maximum absolute atomic E-state index is 14.2. The van der Waals surface area contributed by atoms with Gasteiger partial charge in [-0.3, -0.25) is 5.32 Å². The van der Waals surface area contributed by atoms with Crippen molar-refractivity contribution in [1.29, 1.82) is 0 Å². The van der Waals surface area contributed by atoms with Gasteiger partial charge in [0.25, 0.3) is 0 Å². The zero-order chi connectivity index (χ0) is 23.6. The van der Waals surface area contributed by atoms with Crippen molar-refractivity contribution in [3.8, 4) is 5.69 Å². The van der Waals surface area contributed by atoms with Gasteiger partial charge in [0.1, 0.15) is 11.6 Å². The third kappa shape index (κ3) is 4.53. The summed E-state index contributed by atoms with van der Waals surface area (Å²) in [4.78, 5) is 25.6. The summed E-state index contributed by atoms with van der Waals surface area (Å²) in [6, 6.07) is 2.20. The van der Waals surface area contributed by atoms with Crippen molar-refractivity contribution in [1.82, 2.24) is 20.0 Å². The maximum atomic E-state index is 14.2. The van der Waals surface area contributed by atoms with Gasteiger partial charge < -0.3 is 24.8 Å². The van der Waals surface area contributed by atoms with E-state index in [-0.39, 0.29) is 18.9 Å². The molecule has 0 spiro atoms. The Labute approximate surface area is 185 Å². The van der Waals surface area contributed by atoms with Gasteiger partial charge in [-0.1, -0.05) is 0 Å². The Balaban J connectivity index is 2.04. The van der Waals surface area contributed by atoms with Crippen molar-refractivity contribution >= 4 is 17.9 Å². The van der Waals surface area contributed by atoms with E-state index in [2.05, 4.69) is 15.7 Å². The molecule has 0 aliphatic carbocycles. The van der Waals surface area contributed by atoms with Crippen LogP contribution >= 0.6 is 0 Å². The van der Waals surface area contributed by atoms with Crippen molar-refractivity contribution in [2.45, 2.75) is 39.5 Å². The zero-order valence-electron chi connectivity index (χ0n) is 18.7. The van der Waals surface area contributed by atoms with Gasteiger partial charge in [0.15, 0.2) is 6.29 Å². The first-order valence-corrected chi connectivity index (χ1v) is 10.2. The molecule has 1 atom stereocenters. The molecule has 3 N–H and O–H groups in total. The number of carbonyl (C=O) groups excluding carboxylic acids is 1. The molecule has 0 radical (unpaired) electrons. The fourth-order valence-corrected chi connectivity index (χ4v) is 3.88. The number of nitrogens with zero attached hydrogens (tertiary/aromatic N) is 3. The molecule has 1 aromatic carbocycles. The number of aromatic nitrogens is 2. The van der Waals surface area contributed by atoms with E-state index in [1.807, 2.05) is 0 Å². The molecule has 2 heterocycles. The number of ether oxygens (including phenoxy) is 2. The number of urea groups is 1. The van der Waals surface area contributed by atoms with Crippen LogP contribution in [0.25, 0.3) is 5.69 Å². The number of nitrogens with one attached hydrogen (secondary N) is 2. The second kappa shape index (κ2) is 9.53. The van der Waals surface area contributed by atoms with Gasteiger partial charge >= 0.3 is 12.1 Å². The monoisotopic (exact) mass is 449 g/mol. The van der Waals surface area contributed by atoms with Gasteiger partial charge in [-0.2, -0.15) is 5.10 Å². The molecule has 0 saturated carbocycles. The lowest BCUT2D eigenvalue weighted by Crippen LogP contribution is -2.39. The van der Waals surface area contributed by atoms with Gasteiger partial charge in [-0.25, -0.2) is 18.7 Å². The van der Waals surface area contributed by atoms with E-state index in [1.54, 1.807) is 32.9 Å². The number of benzene rings is 1. The highest BCUT2D eigenvalue weighted by Crippen LogP contribution is 2.36. The van der Waals surface area contributed by atoms with Crippen LogP contribution in [0.15, 0.2) is 12.1 Å². The Hall–Kier alpha value is -3.18. The fraction of sp³-hybridized carbons (Fsp3) is 0.476. The second-order valence-corrected chi connectivity index (χ2v) is 7.65. The Morgan fingerprint density at radius 2 is 1.91 bits per heavy atom. The predicted octanol–water partition coefficient (Wildman–Crippen LogP) is 2.97. The minimum absolute atomic E-state index is 0.0979. The fourth-order valence-electron chi connectivity index (χ4n) is 3.88. The first-order chi connectivity index (χ1) is 15.2. The summed E-state index contributed by atoms with van der Waals surface area (Å²) in [6.07, 6.45) is -1.28. The van der Waals surface area contributed by atoms with Crippen LogP contribution in [-0.4, -0.2) is 65.5 Å². The van der Waals surface area contributed by atoms with Crippen LogP contribution in [0.4, 0.5) is 19.8 Å². The summed E-state index contributed by atoms with van der Waals surface area (Å²) >= 11 is 0. The largest absolute Gasteiger partial charge is 0.465 e. The number of hydrogen-bond acceptors (Lipinski definition) is 5. The third-order valence-corrected chi connectivity index (χ3v) is 5.57. The van der Waals surface area contributed by atoms with E-state index in [0.717, 1.165) is 0 Å². The van der Waals surface area contributed by atoms with Crippen LogP contribution in [0.5, 0.6) is 0 Å². The Bertz CT molecular complexity index is 997. The summed E-state index contributed by atoms with van der Waals surface area (Å²) in [5, 5.41) is 19.7. The van der Waals surface area contributed by atoms with E-state index in [0.29, 0.717) is 40.3 Å². The minimum atomic E-state index is -1.05. The molecule has 1 aromatic heterocycles. The summed E-state index contributed by atoms with van der Waals surface area (Å²) in [5.41, 5.74) is 2.71. The summed E-state index contributed by atoms with van der Waals surface area (Å²) < 4.78 is 25.9. The number of anilines is 1. The van der Waals surface area contributed by atoms with Gasteiger partial charge in [-0.15, -0.1) is 0 Å². The molecule has 11 heteroatoms. The quantitative estimate of drug-likeness (QED) is 0.584. The van der Waals surface area contributed by atoms with Crippen LogP contribution in [-0.2, 0) is 15.9 Å². The zero-order valence-corrected chi connectivity index (χ0v) is 18.7. The highest BCUT2D eigenvalue weighted by atomic mass is 19.1.